The van der Waals surface area contributed by atoms with Gasteiger partial charge in [0.25, 0.3) is 0 Å². The molecule has 7 nitrogen and oxygen atoms in total. The maximum atomic E-state index is 12.4. The fourth-order valence-electron chi connectivity index (χ4n) is 4.40. The summed E-state index contributed by atoms with van der Waals surface area (Å²) >= 11 is 0. The molecule has 1 aromatic heterocycles. The number of carbonyl (C=O) groups excluding carboxylic acids is 1. The summed E-state index contributed by atoms with van der Waals surface area (Å²) in [6.07, 6.45) is 8.37. The molecular weight excluding hydrogens is 366 g/mol. The normalized spacial score (nSPS) is 22.3. The number of hydrogen-bond donors (Lipinski definition) is 2. The number of nitrogens with one attached hydrogen (secondary N) is 2. The Hall–Kier alpha value is -2.02. The van der Waals surface area contributed by atoms with E-state index in [0.29, 0.717) is 18.9 Å². The van der Waals surface area contributed by atoms with Crippen molar-refractivity contribution in [3.05, 3.63) is 24.2 Å². The van der Waals surface area contributed by atoms with Crippen LogP contribution in [0.3, 0.4) is 0 Å². The summed E-state index contributed by atoms with van der Waals surface area (Å²) in [5.41, 5.74) is 0. The Labute approximate surface area is 174 Å². The van der Waals surface area contributed by atoms with Crippen LogP contribution < -0.4 is 10.6 Å². The Morgan fingerprint density at radius 1 is 1.24 bits per heavy atom. The summed E-state index contributed by atoms with van der Waals surface area (Å²) in [5.74, 6) is 2.58. The third-order valence-electron chi connectivity index (χ3n) is 6.03. The van der Waals surface area contributed by atoms with E-state index >= 15 is 0 Å². The van der Waals surface area contributed by atoms with Crippen molar-refractivity contribution in [1.82, 2.24) is 20.4 Å². The largest absolute Gasteiger partial charge is 0.468 e. The summed E-state index contributed by atoms with van der Waals surface area (Å²) in [7, 11) is 1.77. The van der Waals surface area contributed by atoms with Gasteiger partial charge in [0.05, 0.1) is 12.3 Å². The van der Waals surface area contributed by atoms with Gasteiger partial charge in [-0.05, 0) is 56.8 Å². The van der Waals surface area contributed by atoms with Crippen LogP contribution in [0.25, 0.3) is 0 Å². The number of hydrogen-bond acceptors (Lipinski definition) is 4. The SMILES string of the molecule is CN=C(NCCC(=O)N1CCCC(C)C1)NCC(c1ccco1)N1CCCCC1. The zero-order valence-corrected chi connectivity index (χ0v) is 18.0. The lowest BCUT2D eigenvalue weighted by atomic mass is 10.00. The van der Waals surface area contributed by atoms with Gasteiger partial charge in [-0.25, -0.2) is 0 Å². The summed E-state index contributed by atoms with van der Waals surface area (Å²) in [4.78, 5) is 21.3. The van der Waals surface area contributed by atoms with Crippen LogP contribution in [0.2, 0.25) is 0 Å². The van der Waals surface area contributed by atoms with E-state index < -0.39 is 0 Å². The van der Waals surface area contributed by atoms with Gasteiger partial charge in [0.2, 0.25) is 5.91 Å². The first-order valence-corrected chi connectivity index (χ1v) is 11.2. The molecule has 1 aromatic rings. The zero-order valence-electron chi connectivity index (χ0n) is 18.0. The Kier molecular flexibility index (Phi) is 8.40. The topological polar surface area (TPSA) is 73.1 Å². The molecule has 162 valence electrons. The molecule has 0 bridgehead atoms. The van der Waals surface area contributed by atoms with Crippen molar-refractivity contribution in [2.75, 3.05) is 46.3 Å². The maximum Gasteiger partial charge on any atom is 0.224 e. The molecule has 29 heavy (non-hydrogen) atoms. The molecule has 2 aliphatic rings. The molecule has 0 aliphatic carbocycles. The van der Waals surface area contributed by atoms with Crippen molar-refractivity contribution in [2.45, 2.75) is 51.5 Å². The average molecular weight is 404 g/mol. The van der Waals surface area contributed by atoms with E-state index in [9.17, 15) is 4.79 Å². The second kappa shape index (κ2) is 11.2. The first-order chi connectivity index (χ1) is 14.2. The summed E-state index contributed by atoms with van der Waals surface area (Å²) in [6.45, 7) is 7.54. The standard InChI is InChI=1S/C22H37N5O2/c1-18-8-6-14-27(17-18)21(28)10-11-24-22(23-2)25-16-19(20-9-7-15-29-20)26-12-4-3-5-13-26/h7,9,15,18-19H,3-6,8,10-14,16-17H2,1-2H3,(H2,23,24,25). The van der Waals surface area contributed by atoms with Crippen molar-refractivity contribution < 1.29 is 9.21 Å². The van der Waals surface area contributed by atoms with Gasteiger partial charge >= 0.3 is 0 Å². The van der Waals surface area contributed by atoms with Crippen molar-refractivity contribution in [1.29, 1.82) is 0 Å². The first kappa shape index (κ1) is 21.7. The number of aliphatic imine (C=N–C) groups is 1. The molecule has 2 saturated heterocycles. The number of furan rings is 1. The van der Waals surface area contributed by atoms with E-state index in [0.717, 1.165) is 50.9 Å². The highest BCUT2D eigenvalue weighted by atomic mass is 16.3. The second-order valence-corrected chi connectivity index (χ2v) is 8.34. The molecule has 0 aromatic carbocycles. The molecule has 2 N–H and O–H groups in total. The maximum absolute atomic E-state index is 12.4. The minimum atomic E-state index is 0.195. The van der Waals surface area contributed by atoms with E-state index in [2.05, 4.69) is 33.5 Å². The Bertz CT molecular complexity index is 640. The Morgan fingerprint density at radius 2 is 2.07 bits per heavy atom. The fraction of sp³-hybridized carbons (Fsp3) is 0.727. The summed E-state index contributed by atoms with van der Waals surface area (Å²) < 4.78 is 5.71. The number of amides is 1. The second-order valence-electron chi connectivity index (χ2n) is 8.34. The molecular formula is C22H37N5O2. The summed E-state index contributed by atoms with van der Waals surface area (Å²) in [6, 6.07) is 4.20. The van der Waals surface area contributed by atoms with Crippen LogP contribution in [0.5, 0.6) is 0 Å². The minimum Gasteiger partial charge on any atom is -0.468 e. The molecule has 2 unspecified atom stereocenters. The molecule has 0 saturated carbocycles. The van der Waals surface area contributed by atoms with Gasteiger partial charge in [0.1, 0.15) is 5.76 Å². The minimum absolute atomic E-state index is 0.195. The Morgan fingerprint density at radius 3 is 2.76 bits per heavy atom. The highest BCUT2D eigenvalue weighted by Gasteiger charge is 2.25. The van der Waals surface area contributed by atoms with Gasteiger partial charge in [0, 0.05) is 39.6 Å². The predicted octanol–water partition coefficient (Wildman–Crippen LogP) is 2.62. The van der Waals surface area contributed by atoms with Gasteiger partial charge in [-0.1, -0.05) is 13.3 Å². The lowest BCUT2D eigenvalue weighted by Crippen LogP contribution is -2.45. The van der Waals surface area contributed by atoms with Crippen molar-refractivity contribution in [3.63, 3.8) is 0 Å². The Balaban J connectivity index is 1.45. The highest BCUT2D eigenvalue weighted by molar-refractivity contribution is 5.81. The third kappa shape index (κ3) is 6.49. The number of guanidine groups is 1. The van der Waals surface area contributed by atoms with Gasteiger partial charge in [-0.2, -0.15) is 0 Å². The van der Waals surface area contributed by atoms with Crippen molar-refractivity contribution in [3.8, 4) is 0 Å². The molecule has 0 spiro atoms. The van der Waals surface area contributed by atoms with Crippen molar-refractivity contribution in [2.24, 2.45) is 10.9 Å². The smallest absolute Gasteiger partial charge is 0.224 e. The van der Waals surface area contributed by atoms with Gasteiger partial charge in [-0.3, -0.25) is 14.7 Å². The predicted molar refractivity (Wildman–Crippen MR) is 116 cm³/mol. The van der Waals surface area contributed by atoms with Gasteiger partial charge in [-0.15, -0.1) is 0 Å². The summed E-state index contributed by atoms with van der Waals surface area (Å²) in [5, 5.41) is 6.72. The molecule has 2 atom stereocenters. The fourth-order valence-corrected chi connectivity index (χ4v) is 4.40. The van der Waals surface area contributed by atoms with E-state index in [-0.39, 0.29) is 11.9 Å². The van der Waals surface area contributed by atoms with E-state index in [4.69, 9.17) is 4.42 Å². The molecule has 2 fully saturated rings. The third-order valence-corrected chi connectivity index (χ3v) is 6.03. The molecule has 7 heteroatoms. The molecule has 2 aliphatic heterocycles. The first-order valence-electron chi connectivity index (χ1n) is 11.2. The van der Waals surface area contributed by atoms with Crippen LogP contribution in [0, 0.1) is 5.92 Å². The number of carbonyl (C=O) groups is 1. The van der Waals surface area contributed by atoms with E-state index in [1.807, 2.05) is 11.0 Å². The van der Waals surface area contributed by atoms with Gasteiger partial charge < -0.3 is 20.0 Å². The lowest BCUT2D eigenvalue weighted by molar-refractivity contribution is -0.132. The lowest BCUT2D eigenvalue weighted by Gasteiger charge is -2.33. The molecule has 3 heterocycles. The number of piperidine rings is 2. The number of nitrogens with zero attached hydrogens (tertiary/aromatic N) is 3. The average Bonchev–Trinajstić information content (AvgIpc) is 3.28. The number of rotatable bonds is 7. The quantitative estimate of drug-likeness (QED) is 0.541. The zero-order chi connectivity index (χ0) is 20.5. The van der Waals surface area contributed by atoms with Crippen molar-refractivity contribution >= 4 is 11.9 Å². The van der Waals surface area contributed by atoms with Crippen LogP contribution in [0.15, 0.2) is 27.8 Å². The molecule has 3 rings (SSSR count). The number of likely N-dealkylation sites (tertiary alicyclic amines) is 2. The van der Waals surface area contributed by atoms with E-state index in [1.54, 1.807) is 13.3 Å². The van der Waals surface area contributed by atoms with Crippen LogP contribution in [-0.4, -0.2) is 68.0 Å². The van der Waals surface area contributed by atoms with Crippen LogP contribution in [-0.2, 0) is 4.79 Å². The monoisotopic (exact) mass is 403 g/mol. The van der Waals surface area contributed by atoms with Crippen LogP contribution in [0.1, 0.15) is 57.3 Å². The molecule has 0 radical (unpaired) electrons. The van der Waals surface area contributed by atoms with Crippen LogP contribution >= 0.6 is 0 Å². The highest BCUT2D eigenvalue weighted by Crippen LogP contribution is 2.24. The molecule has 1 amide bonds. The van der Waals surface area contributed by atoms with Crippen LogP contribution in [0.4, 0.5) is 0 Å². The van der Waals surface area contributed by atoms with E-state index in [1.165, 1.54) is 25.7 Å². The van der Waals surface area contributed by atoms with Gasteiger partial charge in [0.15, 0.2) is 5.96 Å².